The lowest BCUT2D eigenvalue weighted by Gasteiger charge is -2.06. The molecule has 4 heteroatoms. The number of phenolic OH excluding ortho intramolecular Hbond substituents is 1. The quantitative estimate of drug-likeness (QED) is 0.852. The Hall–Kier alpha value is -1.97. The van der Waals surface area contributed by atoms with Gasteiger partial charge in [0.05, 0.1) is 11.9 Å². The van der Waals surface area contributed by atoms with Crippen LogP contribution in [0.1, 0.15) is 19.0 Å². The Morgan fingerprint density at radius 2 is 2.12 bits per heavy atom. The molecular formula is C13H15NO3. The van der Waals surface area contributed by atoms with Crippen molar-refractivity contribution in [2.45, 2.75) is 26.3 Å². The van der Waals surface area contributed by atoms with E-state index in [-0.39, 0.29) is 12.2 Å². The van der Waals surface area contributed by atoms with E-state index in [2.05, 4.69) is 0 Å². The molecule has 0 fully saturated rings. The number of carboxylic acids is 1. The smallest absolute Gasteiger partial charge is 0.303 e. The number of hydrogen-bond acceptors (Lipinski definition) is 2. The molecule has 0 radical (unpaired) electrons. The van der Waals surface area contributed by atoms with Gasteiger partial charge < -0.3 is 14.8 Å². The van der Waals surface area contributed by atoms with Crippen molar-refractivity contribution in [3.63, 3.8) is 0 Å². The Kier molecular flexibility index (Phi) is 3.04. The van der Waals surface area contributed by atoms with E-state index >= 15 is 0 Å². The Morgan fingerprint density at radius 3 is 2.76 bits per heavy atom. The van der Waals surface area contributed by atoms with E-state index < -0.39 is 5.97 Å². The second-order valence-electron chi connectivity index (χ2n) is 4.02. The summed E-state index contributed by atoms with van der Waals surface area (Å²) in [5.41, 5.74) is 1.95. The van der Waals surface area contributed by atoms with Gasteiger partial charge in [-0.1, -0.05) is 0 Å². The minimum absolute atomic E-state index is 0.127. The molecule has 17 heavy (non-hydrogen) atoms. The number of benzene rings is 1. The van der Waals surface area contributed by atoms with E-state index in [1.165, 1.54) is 0 Å². The first-order valence-electron chi connectivity index (χ1n) is 5.64. The minimum Gasteiger partial charge on any atom is -0.508 e. The van der Waals surface area contributed by atoms with Crippen molar-refractivity contribution >= 4 is 16.9 Å². The Labute approximate surface area is 99.1 Å². The molecule has 0 aliphatic heterocycles. The standard InChI is InChI=1S/C13H15NO3/c1-2-14-10(4-6-13(16)17)7-9-3-5-11(15)8-12(9)14/h3,5,7-8,15H,2,4,6H2,1H3,(H,16,17). The van der Waals surface area contributed by atoms with Crippen LogP contribution in [0.15, 0.2) is 24.3 Å². The van der Waals surface area contributed by atoms with Gasteiger partial charge in [0.25, 0.3) is 0 Å². The molecule has 0 atom stereocenters. The molecule has 0 aliphatic rings. The third-order valence-corrected chi connectivity index (χ3v) is 2.88. The molecule has 2 aromatic rings. The number of aryl methyl sites for hydroxylation is 2. The lowest BCUT2D eigenvalue weighted by molar-refractivity contribution is -0.136. The summed E-state index contributed by atoms with van der Waals surface area (Å²) < 4.78 is 2.04. The minimum atomic E-state index is -0.791. The van der Waals surface area contributed by atoms with Crippen LogP contribution in [0.3, 0.4) is 0 Å². The molecule has 0 amide bonds. The fourth-order valence-electron chi connectivity index (χ4n) is 2.12. The van der Waals surface area contributed by atoms with Crippen molar-refractivity contribution in [3.05, 3.63) is 30.0 Å². The van der Waals surface area contributed by atoms with Gasteiger partial charge in [-0.2, -0.15) is 0 Å². The summed E-state index contributed by atoms with van der Waals surface area (Å²) in [5, 5.41) is 19.2. The van der Waals surface area contributed by atoms with Gasteiger partial charge in [0, 0.05) is 23.7 Å². The zero-order chi connectivity index (χ0) is 12.4. The number of rotatable bonds is 4. The summed E-state index contributed by atoms with van der Waals surface area (Å²) in [7, 11) is 0. The number of nitrogens with zero attached hydrogens (tertiary/aromatic N) is 1. The monoisotopic (exact) mass is 233 g/mol. The highest BCUT2D eigenvalue weighted by atomic mass is 16.4. The molecule has 2 N–H and O–H groups in total. The third-order valence-electron chi connectivity index (χ3n) is 2.88. The normalized spacial score (nSPS) is 10.9. The lowest BCUT2D eigenvalue weighted by Crippen LogP contribution is -2.04. The van der Waals surface area contributed by atoms with Crippen molar-refractivity contribution in [1.29, 1.82) is 0 Å². The zero-order valence-electron chi connectivity index (χ0n) is 9.68. The van der Waals surface area contributed by atoms with Crippen molar-refractivity contribution in [1.82, 2.24) is 4.57 Å². The number of aromatic nitrogens is 1. The Bertz CT molecular complexity index is 557. The van der Waals surface area contributed by atoms with Crippen LogP contribution >= 0.6 is 0 Å². The van der Waals surface area contributed by atoms with Crippen LogP contribution in [0.2, 0.25) is 0 Å². The molecule has 0 saturated heterocycles. The molecule has 0 unspecified atom stereocenters. The molecule has 0 bridgehead atoms. The first-order valence-corrected chi connectivity index (χ1v) is 5.64. The van der Waals surface area contributed by atoms with Gasteiger partial charge in [0.15, 0.2) is 0 Å². The molecule has 1 aromatic carbocycles. The van der Waals surface area contributed by atoms with Crippen LogP contribution in [0.5, 0.6) is 5.75 Å². The molecule has 2 rings (SSSR count). The first-order chi connectivity index (χ1) is 8.11. The van der Waals surface area contributed by atoms with Gasteiger partial charge >= 0.3 is 5.97 Å². The predicted molar refractivity (Wildman–Crippen MR) is 65.2 cm³/mol. The van der Waals surface area contributed by atoms with Gasteiger partial charge in [-0.15, -0.1) is 0 Å². The highest BCUT2D eigenvalue weighted by Crippen LogP contribution is 2.24. The van der Waals surface area contributed by atoms with Gasteiger partial charge in [-0.05, 0) is 31.5 Å². The maximum absolute atomic E-state index is 10.6. The maximum atomic E-state index is 10.6. The van der Waals surface area contributed by atoms with E-state index in [1.54, 1.807) is 12.1 Å². The predicted octanol–water partition coefficient (Wildman–Crippen LogP) is 2.38. The van der Waals surface area contributed by atoms with Gasteiger partial charge in [0.1, 0.15) is 5.75 Å². The van der Waals surface area contributed by atoms with Crippen LogP contribution in [0.25, 0.3) is 10.9 Å². The summed E-state index contributed by atoms with van der Waals surface area (Å²) in [5.74, 6) is -0.559. The summed E-state index contributed by atoms with van der Waals surface area (Å²) in [6.07, 6.45) is 0.640. The van der Waals surface area contributed by atoms with Crippen molar-refractivity contribution in [3.8, 4) is 5.75 Å². The summed E-state index contributed by atoms with van der Waals surface area (Å²) >= 11 is 0. The van der Waals surface area contributed by atoms with Crippen LogP contribution in [0, 0.1) is 0 Å². The summed E-state index contributed by atoms with van der Waals surface area (Å²) in [4.78, 5) is 10.6. The molecule has 1 aromatic heterocycles. The van der Waals surface area contributed by atoms with E-state index in [4.69, 9.17) is 5.11 Å². The Morgan fingerprint density at radius 1 is 1.35 bits per heavy atom. The van der Waals surface area contributed by atoms with E-state index in [0.29, 0.717) is 6.42 Å². The average Bonchev–Trinajstić information content (AvgIpc) is 2.63. The topological polar surface area (TPSA) is 62.5 Å². The van der Waals surface area contributed by atoms with Crippen LogP contribution in [0.4, 0.5) is 0 Å². The van der Waals surface area contributed by atoms with Crippen molar-refractivity contribution in [2.24, 2.45) is 0 Å². The van der Waals surface area contributed by atoms with E-state index in [9.17, 15) is 9.90 Å². The van der Waals surface area contributed by atoms with Crippen molar-refractivity contribution in [2.75, 3.05) is 0 Å². The first kappa shape index (κ1) is 11.5. The highest BCUT2D eigenvalue weighted by Gasteiger charge is 2.09. The van der Waals surface area contributed by atoms with Crippen molar-refractivity contribution < 1.29 is 15.0 Å². The highest BCUT2D eigenvalue weighted by molar-refractivity contribution is 5.83. The van der Waals surface area contributed by atoms with E-state index in [1.807, 2.05) is 23.6 Å². The molecule has 4 nitrogen and oxygen atoms in total. The van der Waals surface area contributed by atoms with Gasteiger partial charge in [-0.3, -0.25) is 4.79 Å². The average molecular weight is 233 g/mol. The number of hydrogen-bond donors (Lipinski definition) is 2. The number of aromatic hydroxyl groups is 1. The molecule has 90 valence electrons. The number of phenols is 1. The van der Waals surface area contributed by atoms with Crippen LogP contribution in [-0.4, -0.2) is 20.7 Å². The summed E-state index contributed by atoms with van der Waals surface area (Å²) in [6, 6.07) is 7.19. The third kappa shape index (κ3) is 2.25. The fourth-order valence-corrected chi connectivity index (χ4v) is 2.12. The zero-order valence-corrected chi connectivity index (χ0v) is 9.68. The van der Waals surface area contributed by atoms with Crippen LogP contribution < -0.4 is 0 Å². The van der Waals surface area contributed by atoms with Gasteiger partial charge in [-0.25, -0.2) is 0 Å². The number of carboxylic acid groups (broad SMARTS) is 1. The fraction of sp³-hybridized carbons (Fsp3) is 0.308. The number of fused-ring (bicyclic) bond motifs is 1. The van der Waals surface area contributed by atoms with Crippen LogP contribution in [-0.2, 0) is 17.8 Å². The SMILES string of the molecule is CCn1c(CCC(=O)O)cc2ccc(O)cc21. The lowest BCUT2D eigenvalue weighted by atomic mass is 10.2. The molecular weight excluding hydrogens is 218 g/mol. The molecule has 0 spiro atoms. The van der Waals surface area contributed by atoms with E-state index in [0.717, 1.165) is 23.1 Å². The Balaban J connectivity index is 2.45. The summed E-state index contributed by atoms with van der Waals surface area (Å²) in [6.45, 7) is 2.77. The second-order valence-corrected chi connectivity index (χ2v) is 4.02. The molecule has 0 saturated carbocycles. The number of carbonyl (C=O) groups is 1. The largest absolute Gasteiger partial charge is 0.508 e. The second kappa shape index (κ2) is 4.49. The number of aliphatic carboxylic acids is 1. The maximum Gasteiger partial charge on any atom is 0.303 e. The molecule has 1 heterocycles. The molecule has 0 aliphatic carbocycles. The van der Waals surface area contributed by atoms with Gasteiger partial charge in [0.2, 0.25) is 0 Å².